The fourth-order valence-corrected chi connectivity index (χ4v) is 3.47. The van der Waals surface area contributed by atoms with Crippen molar-refractivity contribution in [2.75, 3.05) is 18.8 Å². The van der Waals surface area contributed by atoms with Gasteiger partial charge in [-0.25, -0.2) is 0 Å². The molecule has 4 nitrogen and oxygen atoms in total. The highest BCUT2D eigenvalue weighted by atomic mass is 32.2. The molecule has 0 bridgehead atoms. The Bertz CT molecular complexity index is 621. The zero-order chi connectivity index (χ0) is 15.9. The van der Waals surface area contributed by atoms with Crippen LogP contribution in [0.4, 0.5) is 0 Å². The average molecular weight is 328 g/mol. The number of carbonyl (C=O) groups excluding carboxylic acids is 1. The molecule has 1 saturated heterocycles. The summed E-state index contributed by atoms with van der Waals surface area (Å²) in [5.74, 6) is 2.42. The molecule has 0 radical (unpaired) electrons. The monoisotopic (exact) mass is 328 g/mol. The molecular formula is C18H20N2O2S. The molecule has 0 aliphatic carbocycles. The number of likely N-dealkylation sites (tertiary alicyclic amines) is 1. The van der Waals surface area contributed by atoms with Gasteiger partial charge in [-0.05, 0) is 17.7 Å². The van der Waals surface area contributed by atoms with E-state index in [-0.39, 0.29) is 12.0 Å². The first kappa shape index (κ1) is 15.9. The molecule has 1 aliphatic heterocycles. The molecule has 2 heterocycles. The van der Waals surface area contributed by atoms with Crippen molar-refractivity contribution in [3.8, 4) is 5.75 Å². The lowest BCUT2D eigenvalue weighted by Crippen LogP contribution is -2.32. The number of amides is 1. The molecule has 1 amide bonds. The van der Waals surface area contributed by atoms with Crippen LogP contribution in [0, 0.1) is 0 Å². The van der Waals surface area contributed by atoms with E-state index in [0.29, 0.717) is 12.3 Å². The molecule has 23 heavy (non-hydrogen) atoms. The van der Waals surface area contributed by atoms with Gasteiger partial charge in [0.05, 0.1) is 12.3 Å². The van der Waals surface area contributed by atoms with Crippen LogP contribution in [0.2, 0.25) is 0 Å². The van der Waals surface area contributed by atoms with Crippen LogP contribution in [0.15, 0.2) is 54.9 Å². The molecule has 2 aromatic rings. The minimum atomic E-state index is 0.0838. The first-order chi connectivity index (χ1) is 11.3. The van der Waals surface area contributed by atoms with Crippen LogP contribution in [0.1, 0.15) is 12.0 Å². The van der Waals surface area contributed by atoms with E-state index in [1.54, 1.807) is 24.2 Å². The number of ether oxygens (including phenoxy) is 1. The average Bonchev–Trinajstić information content (AvgIpc) is 3.05. The quantitative estimate of drug-likeness (QED) is 0.817. The predicted octanol–water partition coefficient (Wildman–Crippen LogP) is 2.99. The number of hydrogen-bond donors (Lipinski definition) is 0. The Morgan fingerprint density at radius 3 is 2.78 bits per heavy atom. The fourth-order valence-electron chi connectivity index (χ4n) is 2.58. The Hall–Kier alpha value is -2.01. The summed E-state index contributed by atoms with van der Waals surface area (Å²) in [6, 6.07) is 13.9. The first-order valence-electron chi connectivity index (χ1n) is 7.77. The Labute approximate surface area is 140 Å². The molecule has 3 rings (SSSR count). The number of thioether (sulfide) groups is 1. The number of pyridine rings is 1. The molecular weight excluding hydrogens is 308 g/mol. The van der Waals surface area contributed by atoms with E-state index >= 15 is 0 Å². The number of hydrogen-bond acceptors (Lipinski definition) is 4. The number of carbonyl (C=O) groups is 1. The van der Waals surface area contributed by atoms with E-state index in [1.807, 2.05) is 35.2 Å². The number of benzene rings is 1. The molecule has 0 saturated carbocycles. The van der Waals surface area contributed by atoms with Gasteiger partial charge in [0.1, 0.15) is 11.9 Å². The Balaban J connectivity index is 1.41. The van der Waals surface area contributed by atoms with Gasteiger partial charge in [0.15, 0.2) is 0 Å². The summed E-state index contributed by atoms with van der Waals surface area (Å²) >= 11 is 1.67. The van der Waals surface area contributed by atoms with Crippen LogP contribution >= 0.6 is 11.8 Å². The third kappa shape index (κ3) is 4.73. The normalized spacial score (nSPS) is 17.2. The maximum atomic E-state index is 12.3. The molecule has 120 valence electrons. The van der Waals surface area contributed by atoms with Crippen molar-refractivity contribution in [2.24, 2.45) is 0 Å². The van der Waals surface area contributed by atoms with Gasteiger partial charge >= 0.3 is 0 Å². The van der Waals surface area contributed by atoms with Gasteiger partial charge in [0.2, 0.25) is 5.91 Å². The second-order valence-corrected chi connectivity index (χ2v) is 6.52. The largest absolute Gasteiger partial charge is 0.488 e. The van der Waals surface area contributed by atoms with Crippen molar-refractivity contribution in [1.29, 1.82) is 0 Å². The minimum absolute atomic E-state index is 0.0838. The Kier molecular flexibility index (Phi) is 5.53. The molecule has 1 aromatic heterocycles. The lowest BCUT2D eigenvalue weighted by molar-refractivity contribution is -0.127. The summed E-state index contributed by atoms with van der Waals surface area (Å²) in [4.78, 5) is 18.2. The van der Waals surface area contributed by atoms with Crippen molar-refractivity contribution in [1.82, 2.24) is 9.88 Å². The summed E-state index contributed by atoms with van der Waals surface area (Å²) in [6.07, 6.45) is 4.40. The zero-order valence-electron chi connectivity index (χ0n) is 12.9. The minimum Gasteiger partial charge on any atom is -0.488 e. The Morgan fingerprint density at radius 2 is 2.00 bits per heavy atom. The summed E-state index contributed by atoms with van der Waals surface area (Å²) in [5.41, 5.74) is 1.26. The van der Waals surface area contributed by atoms with Gasteiger partial charge in [-0.15, -0.1) is 11.8 Å². The van der Waals surface area contributed by atoms with E-state index in [4.69, 9.17) is 4.74 Å². The van der Waals surface area contributed by atoms with E-state index in [1.165, 1.54) is 5.56 Å². The molecule has 0 spiro atoms. The third-order valence-electron chi connectivity index (χ3n) is 3.79. The van der Waals surface area contributed by atoms with Crippen molar-refractivity contribution < 1.29 is 9.53 Å². The van der Waals surface area contributed by atoms with E-state index < -0.39 is 0 Å². The summed E-state index contributed by atoms with van der Waals surface area (Å²) in [6.45, 7) is 1.45. The van der Waals surface area contributed by atoms with E-state index in [0.717, 1.165) is 24.5 Å². The lowest BCUT2D eigenvalue weighted by atomic mass is 10.2. The van der Waals surface area contributed by atoms with Gasteiger partial charge in [0, 0.05) is 31.1 Å². The van der Waals surface area contributed by atoms with E-state index in [2.05, 4.69) is 17.1 Å². The predicted molar refractivity (Wildman–Crippen MR) is 92.5 cm³/mol. The molecule has 1 aromatic carbocycles. The highest BCUT2D eigenvalue weighted by Crippen LogP contribution is 2.19. The van der Waals surface area contributed by atoms with Crippen molar-refractivity contribution in [2.45, 2.75) is 18.3 Å². The number of rotatable bonds is 6. The van der Waals surface area contributed by atoms with Gasteiger partial charge in [-0.1, -0.05) is 30.3 Å². The van der Waals surface area contributed by atoms with Crippen LogP contribution in [0.25, 0.3) is 0 Å². The standard InChI is InChI=1S/C18H20N2O2S/c21-18(14-23-13-15-4-2-1-3-5-15)20-11-8-17(12-20)22-16-6-9-19-10-7-16/h1-7,9-10,17H,8,11-14H2. The van der Waals surface area contributed by atoms with Gasteiger partial charge in [-0.3, -0.25) is 9.78 Å². The molecule has 1 atom stereocenters. The van der Waals surface area contributed by atoms with Crippen LogP contribution in [0.5, 0.6) is 5.75 Å². The highest BCUT2D eigenvalue weighted by Gasteiger charge is 2.27. The maximum absolute atomic E-state index is 12.3. The van der Waals surface area contributed by atoms with Crippen LogP contribution in [-0.2, 0) is 10.5 Å². The van der Waals surface area contributed by atoms with Crippen molar-refractivity contribution >= 4 is 17.7 Å². The second kappa shape index (κ2) is 8.02. The second-order valence-electron chi connectivity index (χ2n) is 5.53. The fraction of sp³-hybridized carbons (Fsp3) is 0.333. The molecule has 0 N–H and O–H groups in total. The highest BCUT2D eigenvalue weighted by molar-refractivity contribution is 7.99. The number of aromatic nitrogens is 1. The first-order valence-corrected chi connectivity index (χ1v) is 8.93. The van der Waals surface area contributed by atoms with Crippen LogP contribution in [-0.4, -0.2) is 40.7 Å². The van der Waals surface area contributed by atoms with E-state index in [9.17, 15) is 4.79 Å². The molecule has 5 heteroatoms. The van der Waals surface area contributed by atoms with Crippen LogP contribution in [0.3, 0.4) is 0 Å². The lowest BCUT2D eigenvalue weighted by Gasteiger charge is -2.17. The summed E-state index contributed by atoms with van der Waals surface area (Å²) in [5, 5.41) is 0. The van der Waals surface area contributed by atoms with Gasteiger partial charge in [0.25, 0.3) is 0 Å². The smallest absolute Gasteiger partial charge is 0.232 e. The van der Waals surface area contributed by atoms with Crippen molar-refractivity contribution in [3.05, 3.63) is 60.4 Å². The molecule has 1 fully saturated rings. The Morgan fingerprint density at radius 1 is 1.22 bits per heavy atom. The molecule has 1 aliphatic rings. The maximum Gasteiger partial charge on any atom is 0.232 e. The van der Waals surface area contributed by atoms with Crippen molar-refractivity contribution in [3.63, 3.8) is 0 Å². The van der Waals surface area contributed by atoms with Gasteiger partial charge < -0.3 is 9.64 Å². The summed E-state index contributed by atoms with van der Waals surface area (Å²) in [7, 11) is 0. The van der Waals surface area contributed by atoms with Crippen LogP contribution < -0.4 is 4.74 Å². The zero-order valence-corrected chi connectivity index (χ0v) is 13.7. The van der Waals surface area contributed by atoms with Gasteiger partial charge in [-0.2, -0.15) is 0 Å². The SMILES string of the molecule is O=C(CSCc1ccccc1)N1CCC(Oc2ccncc2)C1. The number of nitrogens with zero attached hydrogens (tertiary/aromatic N) is 2. The summed E-state index contributed by atoms with van der Waals surface area (Å²) < 4.78 is 5.89. The topological polar surface area (TPSA) is 42.4 Å². The molecule has 1 unspecified atom stereocenters. The third-order valence-corrected chi connectivity index (χ3v) is 4.78.